The maximum Gasteiger partial charge on any atom is 0.329 e. The minimum Gasteiger partial charge on any atom is -0.461 e. The van der Waals surface area contributed by atoms with Crippen molar-refractivity contribution >= 4 is 11.7 Å². The normalized spacial score (nSPS) is 19.3. The summed E-state index contributed by atoms with van der Waals surface area (Å²) in [5.41, 5.74) is 2.25. The molecular formula is C14H19NO2. The van der Waals surface area contributed by atoms with E-state index in [2.05, 4.69) is 12.2 Å². The highest BCUT2D eigenvalue weighted by atomic mass is 16.5. The van der Waals surface area contributed by atoms with Crippen LogP contribution in [0, 0.1) is 0 Å². The summed E-state index contributed by atoms with van der Waals surface area (Å²) in [4.78, 5) is 11.9. The molecule has 2 unspecified atom stereocenters. The summed E-state index contributed by atoms with van der Waals surface area (Å²) in [6.45, 7) is 4.04. The zero-order valence-corrected chi connectivity index (χ0v) is 10.4. The Morgan fingerprint density at radius 3 is 3.00 bits per heavy atom. The van der Waals surface area contributed by atoms with E-state index in [9.17, 15) is 4.79 Å². The van der Waals surface area contributed by atoms with Gasteiger partial charge in [0, 0.05) is 12.1 Å². The van der Waals surface area contributed by atoms with E-state index in [0.29, 0.717) is 0 Å². The molecule has 2 atom stereocenters. The van der Waals surface area contributed by atoms with Crippen molar-refractivity contribution in [1.82, 2.24) is 0 Å². The first-order valence-corrected chi connectivity index (χ1v) is 6.25. The van der Waals surface area contributed by atoms with Gasteiger partial charge in [-0.1, -0.05) is 31.5 Å². The van der Waals surface area contributed by atoms with Gasteiger partial charge in [-0.05, 0) is 25.0 Å². The fraction of sp³-hybridized carbons (Fsp3) is 0.500. The van der Waals surface area contributed by atoms with Crippen LogP contribution in [0.2, 0.25) is 0 Å². The Bertz CT molecular complexity index is 378. The lowest BCUT2D eigenvalue weighted by atomic mass is 10.1. The molecule has 1 aliphatic rings. The molecule has 17 heavy (non-hydrogen) atoms. The molecule has 0 saturated heterocycles. The van der Waals surface area contributed by atoms with Gasteiger partial charge in [0.1, 0.15) is 6.04 Å². The highest BCUT2D eigenvalue weighted by Gasteiger charge is 2.28. The van der Waals surface area contributed by atoms with Gasteiger partial charge < -0.3 is 10.1 Å². The van der Waals surface area contributed by atoms with E-state index in [1.54, 1.807) is 0 Å². The van der Waals surface area contributed by atoms with Gasteiger partial charge in [0.15, 0.2) is 0 Å². The minimum absolute atomic E-state index is 0.0120. The largest absolute Gasteiger partial charge is 0.461 e. The number of fused-ring (bicyclic) bond motifs is 1. The van der Waals surface area contributed by atoms with Crippen molar-refractivity contribution in [3.05, 3.63) is 29.8 Å². The van der Waals surface area contributed by atoms with Crippen molar-refractivity contribution in [1.29, 1.82) is 0 Å². The second kappa shape index (κ2) is 5.21. The van der Waals surface area contributed by atoms with Crippen LogP contribution < -0.4 is 5.32 Å². The lowest BCUT2D eigenvalue weighted by Gasteiger charge is -2.16. The Kier molecular flexibility index (Phi) is 3.67. The standard InChI is InChI=1S/C14H19NO2/c1-3-6-10(2)17-14(16)13-9-11-7-4-5-8-12(11)15-13/h4-5,7-8,10,13,15H,3,6,9H2,1-2H3. The number of carbonyl (C=O) groups is 1. The molecule has 1 aliphatic heterocycles. The molecule has 0 radical (unpaired) electrons. The van der Waals surface area contributed by atoms with Crippen LogP contribution in [-0.4, -0.2) is 18.1 Å². The Labute approximate surface area is 102 Å². The molecule has 2 rings (SSSR count). The number of para-hydroxylation sites is 1. The maximum atomic E-state index is 11.9. The summed E-state index contributed by atoms with van der Waals surface area (Å²) in [6.07, 6.45) is 2.70. The molecule has 0 amide bonds. The summed E-state index contributed by atoms with van der Waals surface area (Å²) in [7, 11) is 0. The summed E-state index contributed by atoms with van der Waals surface area (Å²) in [5.74, 6) is -0.137. The fourth-order valence-corrected chi connectivity index (χ4v) is 2.19. The number of carbonyl (C=O) groups excluding carboxylic acids is 1. The number of ether oxygens (including phenoxy) is 1. The number of esters is 1. The number of nitrogens with one attached hydrogen (secondary N) is 1. The van der Waals surface area contributed by atoms with E-state index < -0.39 is 0 Å². The summed E-state index contributed by atoms with van der Waals surface area (Å²) in [5, 5.41) is 3.21. The number of benzene rings is 1. The molecule has 1 aromatic carbocycles. The third-order valence-corrected chi connectivity index (χ3v) is 3.07. The molecule has 0 aliphatic carbocycles. The smallest absolute Gasteiger partial charge is 0.329 e. The van der Waals surface area contributed by atoms with Gasteiger partial charge in [0.05, 0.1) is 6.10 Å². The molecule has 0 aromatic heterocycles. The third-order valence-electron chi connectivity index (χ3n) is 3.07. The van der Waals surface area contributed by atoms with Gasteiger partial charge in [-0.3, -0.25) is 0 Å². The predicted octanol–water partition coefficient (Wildman–Crippen LogP) is 2.76. The maximum absolute atomic E-state index is 11.9. The van der Waals surface area contributed by atoms with Crippen molar-refractivity contribution in [2.75, 3.05) is 5.32 Å². The van der Waals surface area contributed by atoms with Gasteiger partial charge in [-0.2, -0.15) is 0 Å². The highest BCUT2D eigenvalue weighted by Crippen LogP contribution is 2.25. The van der Waals surface area contributed by atoms with Gasteiger partial charge in [0.25, 0.3) is 0 Å². The Morgan fingerprint density at radius 1 is 1.53 bits per heavy atom. The molecule has 0 fully saturated rings. The first-order chi connectivity index (χ1) is 8.20. The minimum atomic E-state index is -0.216. The zero-order chi connectivity index (χ0) is 12.3. The third kappa shape index (κ3) is 2.78. The average Bonchev–Trinajstić information content (AvgIpc) is 2.72. The molecular weight excluding hydrogens is 214 g/mol. The van der Waals surface area contributed by atoms with Crippen molar-refractivity contribution in [3.63, 3.8) is 0 Å². The van der Waals surface area contributed by atoms with Gasteiger partial charge in [-0.25, -0.2) is 4.79 Å². The molecule has 0 saturated carbocycles. The molecule has 0 spiro atoms. The van der Waals surface area contributed by atoms with E-state index >= 15 is 0 Å². The first-order valence-electron chi connectivity index (χ1n) is 6.25. The molecule has 1 aromatic rings. The van der Waals surface area contributed by atoms with Crippen molar-refractivity contribution in [2.24, 2.45) is 0 Å². The molecule has 0 bridgehead atoms. The zero-order valence-electron chi connectivity index (χ0n) is 10.4. The number of hydrogen-bond acceptors (Lipinski definition) is 3. The van der Waals surface area contributed by atoms with Crippen molar-refractivity contribution in [3.8, 4) is 0 Å². The summed E-state index contributed by atoms with van der Waals surface area (Å²) < 4.78 is 5.40. The Morgan fingerprint density at radius 2 is 2.29 bits per heavy atom. The van der Waals surface area contributed by atoms with Crippen LogP contribution in [0.25, 0.3) is 0 Å². The monoisotopic (exact) mass is 233 g/mol. The van der Waals surface area contributed by atoms with E-state index in [1.807, 2.05) is 31.2 Å². The lowest BCUT2D eigenvalue weighted by molar-refractivity contribution is -0.149. The van der Waals surface area contributed by atoms with Gasteiger partial charge >= 0.3 is 5.97 Å². The van der Waals surface area contributed by atoms with Crippen LogP contribution in [0.15, 0.2) is 24.3 Å². The van der Waals surface area contributed by atoms with Crippen LogP contribution in [0.1, 0.15) is 32.3 Å². The lowest BCUT2D eigenvalue weighted by Crippen LogP contribution is -2.31. The average molecular weight is 233 g/mol. The van der Waals surface area contributed by atoms with E-state index in [4.69, 9.17) is 4.74 Å². The van der Waals surface area contributed by atoms with E-state index in [0.717, 1.165) is 24.9 Å². The quantitative estimate of drug-likeness (QED) is 0.813. The fourth-order valence-electron chi connectivity index (χ4n) is 2.19. The van der Waals surface area contributed by atoms with Crippen LogP contribution in [-0.2, 0) is 16.0 Å². The van der Waals surface area contributed by atoms with Crippen molar-refractivity contribution < 1.29 is 9.53 Å². The Hall–Kier alpha value is -1.51. The highest BCUT2D eigenvalue weighted by molar-refractivity contribution is 5.82. The Balaban J connectivity index is 1.92. The molecule has 3 nitrogen and oxygen atoms in total. The molecule has 1 N–H and O–H groups in total. The second-order valence-corrected chi connectivity index (χ2v) is 4.59. The summed E-state index contributed by atoms with van der Waals surface area (Å²) >= 11 is 0. The van der Waals surface area contributed by atoms with E-state index in [1.165, 1.54) is 5.56 Å². The number of anilines is 1. The van der Waals surface area contributed by atoms with Crippen LogP contribution in [0.5, 0.6) is 0 Å². The number of hydrogen-bond donors (Lipinski definition) is 1. The second-order valence-electron chi connectivity index (χ2n) is 4.59. The van der Waals surface area contributed by atoms with Crippen molar-refractivity contribution in [2.45, 2.75) is 45.3 Å². The van der Waals surface area contributed by atoms with E-state index in [-0.39, 0.29) is 18.1 Å². The van der Waals surface area contributed by atoms with Gasteiger partial charge in [-0.15, -0.1) is 0 Å². The summed E-state index contributed by atoms with van der Waals surface area (Å²) in [6, 6.07) is 7.79. The van der Waals surface area contributed by atoms with Crippen LogP contribution in [0.4, 0.5) is 5.69 Å². The van der Waals surface area contributed by atoms with Gasteiger partial charge in [0.2, 0.25) is 0 Å². The predicted molar refractivity (Wildman–Crippen MR) is 68.0 cm³/mol. The molecule has 3 heteroatoms. The number of rotatable bonds is 4. The SMILES string of the molecule is CCCC(C)OC(=O)C1Cc2ccccc2N1. The van der Waals surface area contributed by atoms with Crippen LogP contribution >= 0.6 is 0 Å². The molecule has 92 valence electrons. The first kappa shape index (κ1) is 12.0. The molecule has 1 heterocycles. The topological polar surface area (TPSA) is 38.3 Å². The van der Waals surface area contributed by atoms with Crippen LogP contribution in [0.3, 0.4) is 0 Å².